The van der Waals surface area contributed by atoms with Crippen LogP contribution in [0.15, 0.2) is 24.3 Å². The van der Waals surface area contributed by atoms with Gasteiger partial charge < -0.3 is 10.1 Å². The molecule has 2 aromatic rings. The predicted molar refractivity (Wildman–Crippen MR) is 86.9 cm³/mol. The van der Waals surface area contributed by atoms with E-state index < -0.39 is 0 Å². The number of carbonyl (C=O) groups is 1. The van der Waals surface area contributed by atoms with Gasteiger partial charge in [0.1, 0.15) is 5.82 Å². The standard InChI is InChI=1S/C18H20FN3O2/c19-12-6-8-13(9-7-12)22-16-5-1-4-15(16)17(21-22)18(23)20-11-14-3-2-10-24-14/h6-9,14H,1-5,10-11H2,(H,20,23)/t14-/m1/s1. The fourth-order valence-electron chi connectivity index (χ4n) is 3.51. The third kappa shape index (κ3) is 2.82. The molecule has 0 unspecified atom stereocenters. The minimum Gasteiger partial charge on any atom is -0.376 e. The molecule has 0 bridgehead atoms. The van der Waals surface area contributed by atoms with Crippen molar-refractivity contribution in [2.75, 3.05) is 13.2 Å². The Balaban J connectivity index is 1.58. The molecule has 2 heterocycles. The fraction of sp³-hybridized carbons (Fsp3) is 0.444. The Labute approximate surface area is 139 Å². The first kappa shape index (κ1) is 15.3. The van der Waals surface area contributed by atoms with Crippen LogP contribution in [0.3, 0.4) is 0 Å². The second kappa shape index (κ2) is 6.36. The average molecular weight is 329 g/mol. The van der Waals surface area contributed by atoms with Crippen LogP contribution in [-0.4, -0.2) is 34.9 Å². The van der Waals surface area contributed by atoms with Crippen molar-refractivity contribution in [3.8, 4) is 5.69 Å². The fourth-order valence-corrected chi connectivity index (χ4v) is 3.51. The van der Waals surface area contributed by atoms with Crippen molar-refractivity contribution in [2.45, 2.75) is 38.2 Å². The number of nitrogens with zero attached hydrogens (tertiary/aromatic N) is 2. The Morgan fingerprint density at radius 1 is 1.29 bits per heavy atom. The Morgan fingerprint density at radius 3 is 2.88 bits per heavy atom. The van der Waals surface area contributed by atoms with Crippen LogP contribution < -0.4 is 5.32 Å². The van der Waals surface area contributed by atoms with Crippen LogP contribution in [0.2, 0.25) is 0 Å². The molecule has 1 fully saturated rings. The molecule has 1 amide bonds. The summed E-state index contributed by atoms with van der Waals surface area (Å²) >= 11 is 0. The Morgan fingerprint density at radius 2 is 2.12 bits per heavy atom. The van der Waals surface area contributed by atoms with Crippen LogP contribution in [0.5, 0.6) is 0 Å². The third-order valence-electron chi connectivity index (χ3n) is 4.73. The first-order valence-electron chi connectivity index (χ1n) is 8.49. The summed E-state index contributed by atoms with van der Waals surface area (Å²) in [6.07, 6.45) is 4.91. The van der Waals surface area contributed by atoms with E-state index in [-0.39, 0.29) is 17.8 Å². The lowest BCUT2D eigenvalue weighted by molar-refractivity contribution is 0.0852. The molecule has 2 aliphatic rings. The lowest BCUT2D eigenvalue weighted by Crippen LogP contribution is -2.32. The average Bonchev–Trinajstić information content (AvgIpc) is 3.31. The molecular formula is C18H20FN3O2. The second-order valence-corrected chi connectivity index (χ2v) is 6.36. The number of aromatic nitrogens is 2. The summed E-state index contributed by atoms with van der Waals surface area (Å²) in [6, 6.07) is 6.20. The molecule has 1 aliphatic carbocycles. The van der Waals surface area contributed by atoms with Crippen LogP contribution >= 0.6 is 0 Å². The monoisotopic (exact) mass is 329 g/mol. The zero-order valence-corrected chi connectivity index (χ0v) is 13.4. The number of carbonyl (C=O) groups excluding carboxylic acids is 1. The maximum absolute atomic E-state index is 13.2. The molecule has 1 saturated heterocycles. The Hall–Kier alpha value is -2.21. The summed E-state index contributed by atoms with van der Waals surface area (Å²) < 4.78 is 20.5. The highest BCUT2D eigenvalue weighted by molar-refractivity contribution is 5.94. The van der Waals surface area contributed by atoms with E-state index >= 15 is 0 Å². The maximum Gasteiger partial charge on any atom is 0.272 e. The summed E-state index contributed by atoms with van der Waals surface area (Å²) in [6.45, 7) is 1.30. The largest absolute Gasteiger partial charge is 0.376 e. The summed E-state index contributed by atoms with van der Waals surface area (Å²) in [5.74, 6) is -0.429. The summed E-state index contributed by atoms with van der Waals surface area (Å²) in [7, 11) is 0. The number of hydrogen-bond acceptors (Lipinski definition) is 3. The molecule has 1 aromatic carbocycles. The van der Waals surface area contributed by atoms with E-state index in [1.165, 1.54) is 12.1 Å². The first-order valence-corrected chi connectivity index (χ1v) is 8.49. The van der Waals surface area contributed by atoms with Crippen molar-refractivity contribution in [3.05, 3.63) is 47.0 Å². The van der Waals surface area contributed by atoms with Crippen LogP contribution in [-0.2, 0) is 17.6 Å². The third-order valence-corrected chi connectivity index (χ3v) is 4.73. The highest BCUT2D eigenvalue weighted by Gasteiger charge is 2.27. The number of fused-ring (bicyclic) bond motifs is 1. The van der Waals surface area contributed by atoms with Crippen molar-refractivity contribution in [2.24, 2.45) is 0 Å². The first-order chi connectivity index (χ1) is 11.7. The van der Waals surface area contributed by atoms with Crippen molar-refractivity contribution in [1.29, 1.82) is 0 Å². The molecule has 0 radical (unpaired) electrons. The molecule has 24 heavy (non-hydrogen) atoms. The molecule has 1 aromatic heterocycles. The van der Waals surface area contributed by atoms with Gasteiger partial charge in [-0.15, -0.1) is 0 Å². The summed E-state index contributed by atoms with van der Waals surface area (Å²) in [5.41, 5.74) is 3.35. The van der Waals surface area contributed by atoms with Gasteiger partial charge in [-0.05, 0) is 56.4 Å². The second-order valence-electron chi connectivity index (χ2n) is 6.36. The SMILES string of the molecule is O=C(NC[C@H]1CCCO1)c1nn(-c2ccc(F)cc2)c2c1CCC2. The van der Waals surface area contributed by atoms with Gasteiger partial charge in [0.05, 0.1) is 11.8 Å². The Bertz CT molecular complexity index is 748. The van der Waals surface area contributed by atoms with Gasteiger partial charge in [0.25, 0.3) is 5.91 Å². The molecule has 4 rings (SSSR count). The van der Waals surface area contributed by atoms with Gasteiger partial charge >= 0.3 is 0 Å². The zero-order valence-electron chi connectivity index (χ0n) is 13.4. The number of hydrogen-bond donors (Lipinski definition) is 1. The van der Waals surface area contributed by atoms with Crippen LogP contribution in [0.25, 0.3) is 5.69 Å². The van der Waals surface area contributed by atoms with Gasteiger partial charge in [0, 0.05) is 24.4 Å². The van der Waals surface area contributed by atoms with Crippen LogP contribution in [0, 0.1) is 5.82 Å². The number of halogens is 1. The highest BCUT2D eigenvalue weighted by atomic mass is 19.1. The van der Waals surface area contributed by atoms with Crippen LogP contribution in [0.4, 0.5) is 4.39 Å². The molecule has 5 nitrogen and oxygen atoms in total. The van der Waals surface area contributed by atoms with Gasteiger partial charge in [-0.1, -0.05) is 0 Å². The Kier molecular flexibility index (Phi) is 4.06. The predicted octanol–water partition coefficient (Wildman–Crippen LogP) is 2.41. The van der Waals surface area contributed by atoms with Gasteiger partial charge in [-0.3, -0.25) is 4.79 Å². The molecule has 0 saturated carbocycles. The molecule has 1 aliphatic heterocycles. The van der Waals surface area contributed by atoms with Gasteiger partial charge in [-0.25, -0.2) is 9.07 Å². The van der Waals surface area contributed by atoms with Gasteiger partial charge in [0.15, 0.2) is 5.69 Å². The van der Waals surface area contributed by atoms with E-state index in [2.05, 4.69) is 10.4 Å². The van der Waals surface area contributed by atoms with Crippen molar-refractivity contribution in [1.82, 2.24) is 15.1 Å². The van der Waals surface area contributed by atoms with Gasteiger partial charge in [-0.2, -0.15) is 5.10 Å². The zero-order chi connectivity index (χ0) is 16.5. The van der Waals surface area contributed by atoms with E-state index in [0.717, 1.165) is 55.7 Å². The highest BCUT2D eigenvalue weighted by Crippen LogP contribution is 2.28. The summed E-state index contributed by atoms with van der Waals surface area (Å²) in [5, 5.41) is 7.46. The molecular weight excluding hydrogens is 309 g/mol. The van der Waals surface area contributed by atoms with Crippen molar-refractivity contribution in [3.63, 3.8) is 0 Å². The smallest absolute Gasteiger partial charge is 0.272 e. The molecule has 0 spiro atoms. The van der Waals surface area contributed by atoms with Gasteiger partial charge in [0.2, 0.25) is 0 Å². The molecule has 126 valence electrons. The molecule has 6 heteroatoms. The minimum atomic E-state index is -0.280. The quantitative estimate of drug-likeness (QED) is 0.937. The number of nitrogens with one attached hydrogen (secondary N) is 1. The number of amides is 1. The summed E-state index contributed by atoms with van der Waals surface area (Å²) in [4.78, 5) is 12.6. The van der Waals surface area contributed by atoms with Crippen LogP contribution in [0.1, 0.15) is 41.0 Å². The van der Waals surface area contributed by atoms with E-state index in [9.17, 15) is 9.18 Å². The van der Waals surface area contributed by atoms with E-state index in [1.54, 1.807) is 16.8 Å². The number of ether oxygens (including phenoxy) is 1. The molecule has 1 atom stereocenters. The van der Waals surface area contributed by atoms with E-state index in [4.69, 9.17) is 4.74 Å². The molecule has 1 N–H and O–H groups in total. The maximum atomic E-state index is 13.2. The topological polar surface area (TPSA) is 56.1 Å². The normalized spacial score (nSPS) is 19.5. The number of rotatable bonds is 4. The number of benzene rings is 1. The minimum absolute atomic E-state index is 0.112. The van der Waals surface area contributed by atoms with E-state index in [0.29, 0.717) is 12.2 Å². The van der Waals surface area contributed by atoms with Crippen molar-refractivity contribution >= 4 is 5.91 Å². The lowest BCUT2D eigenvalue weighted by atomic mass is 10.2. The van der Waals surface area contributed by atoms with E-state index in [1.807, 2.05) is 0 Å². The van der Waals surface area contributed by atoms with Crippen molar-refractivity contribution < 1.29 is 13.9 Å². The lowest BCUT2D eigenvalue weighted by Gasteiger charge is -2.10.